The fourth-order valence-corrected chi connectivity index (χ4v) is 1.58. The van der Waals surface area contributed by atoms with Gasteiger partial charge in [0.25, 0.3) is 0 Å². The number of hydrogen-bond acceptors (Lipinski definition) is 3. The fraction of sp³-hybridized carbons (Fsp3) is 0.933. The van der Waals surface area contributed by atoms with Crippen LogP contribution in [0.5, 0.6) is 0 Å². The summed E-state index contributed by atoms with van der Waals surface area (Å²) in [5.74, 6) is -0.0794. The number of nitrogens with zero attached hydrogens (tertiary/aromatic N) is 1. The summed E-state index contributed by atoms with van der Waals surface area (Å²) >= 11 is 0. The number of carbonyl (C=O) groups excluding carboxylic acids is 1. The van der Waals surface area contributed by atoms with Gasteiger partial charge in [-0.3, -0.25) is 9.69 Å². The van der Waals surface area contributed by atoms with Crippen molar-refractivity contribution in [1.82, 2.24) is 4.90 Å². The third-order valence-corrected chi connectivity index (χ3v) is 3.58. The SMILES string of the molecule is CCCCN(CCOC(=O)C(C)(C)CC)C(C)C. The number of unbranched alkanes of at least 4 members (excludes halogenated alkanes) is 1. The van der Waals surface area contributed by atoms with Crippen molar-refractivity contribution in [2.75, 3.05) is 19.7 Å². The lowest BCUT2D eigenvalue weighted by Crippen LogP contribution is -2.36. The molecule has 0 aromatic rings. The Morgan fingerprint density at radius 3 is 2.28 bits per heavy atom. The first-order chi connectivity index (χ1) is 8.35. The first-order valence-electron chi connectivity index (χ1n) is 7.26. The number of hydrogen-bond donors (Lipinski definition) is 0. The molecule has 0 aromatic heterocycles. The summed E-state index contributed by atoms with van der Waals surface area (Å²) in [5.41, 5.74) is -0.355. The standard InChI is InChI=1S/C15H31NO2/c1-7-9-10-16(13(3)4)11-12-18-14(17)15(5,6)8-2/h13H,7-12H2,1-6H3. The summed E-state index contributed by atoms with van der Waals surface area (Å²) in [6, 6.07) is 0.509. The second-order valence-electron chi connectivity index (χ2n) is 5.86. The second kappa shape index (κ2) is 8.52. The number of ether oxygens (including phenoxy) is 1. The zero-order valence-electron chi connectivity index (χ0n) is 13.1. The summed E-state index contributed by atoms with van der Waals surface area (Å²) in [6.45, 7) is 14.9. The van der Waals surface area contributed by atoms with Gasteiger partial charge >= 0.3 is 5.97 Å². The van der Waals surface area contributed by atoms with Crippen molar-refractivity contribution in [2.24, 2.45) is 5.41 Å². The zero-order chi connectivity index (χ0) is 14.2. The number of rotatable bonds is 9. The molecule has 0 amide bonds. The molecule has 3 heteroatoms. The predicted molar refractivity (Wildman–Crippen MR) is 76.6 cm³/mol. The van der Waals surface area contributed by atoms with Crippen LogP contribution in [0.3, 0.4) is 0 Å². The Morgan fingerprint density at radius 1 is 1.22 bits per heavy atom. The van der Waals surface area contributed by atoms with Crippen LogP contribution in [0.2, 0.25) is 0 Å². The first kappa shape index (κ1) is 17.4. The lowest BCUT2D eigenvalue weighted by Gasteiger charge is -2.27. The molecule has 0 atom stereocenters. The Labute approximate surface area is 113 Å². The lowest BCUT2D eigenvalue weighted by atomic mass is 9.91. The van der Waals surface area contributed by atoms with Crippen molar-refractivity contribution in [3.8, 4) is 0 Å². The van der Waals surface area contributed by atoms with Crippen LogP contribution in [0, 0.1) is 5.41 Å². The largest absolute Gasteiger partial charge is 0.464 e. The van der Waals surface area contributed by atoms with Gasteiger partial charge in [0.15, 0.2) is 0 Å². The maximum atomic E-state index is 11.8. The van der Waals surface area contributed by atoms with Crippen LogP contribution in [0.25, 0.3) is 0 Å². The molecular formula is C15H31NO2. The molecule has 0 saturated carbocycles. The summed E-state index contributed by atoms with van der Waals surface area (Å²) < 4.78 is 5.38. The third kappa shape index (κ3) is 6.39. The Bertz CT molecular complexity index is 237. The smallest absolute Gasteiger partial charge is 0.311 e. The van der Waals surface area contributed by atoms with E-state index in [1.807, 2.05) is 20.8 Å². The van der Waals surface area contributed by atoms with Gasteiger partial charge < -0.3 is 4.74 Å². The van der Waals surface area contributed by atoms with Crippen LogP contribution < -0.4 is 0 Å². The summed E-state index contributed by atoms with van der Waals surface area (Å²) in [4.78, 5) is 14.2. The summed E-state index contributed by atoms with van der Waals surface area (Å²) in [7, 11) is 0. The van der Waals surface area contributed by atoms with Gasteiger partial charge in [-0.1, -0.05) is 20.3 Å². The number of carbonyl (C=O) groups is 1. The van der Waals surface area contributed by atoms with E-state index >= 15 is 0 Å². The molecule has 0 N–H and O–H groups in total. The van der Waals surface area contributed by atoms with Crippen molar-refractivity contribution in [3.63, 3.8) is 0 Å². The van der Waals surface area contributed by atoms with Crippen molar-refractivity contribution in [1.29, 1.82) is 0 Å². The quantitative estimate of drug-likeness (QED) is 0.592. The van der Waals surface area contributed by atoms with E-state index in [0.717, 1.165) is 19.5 Å². The van der Waals surface area contributed by atoms with E-state index in [4.69, 9.17) is 4.74 Å². The van der Waals surface area contributed by atoms with Gasteiger partial charge in [0.1, 0.15) is 6.61 Å². The van der Waals surface area contributed by atoms with Gasteiger partial charge in [-0.2, -0.15) is 0 Å². The van der Waals surface area contributed by atoms with E-state index in [1.165, 1.54) is 12.8 Å². The minimum absolute atomic E-state index is 0.0794. The van der Waals surface area contributed by atoms with Crippen LogP contribution in [0.4, 0.5) is 0 Å². The van der Waals surface area contributed by atoms with Crippen LogP contribution in [-0.2, 0) is 9.53 Å². The van der Waals surface area contributed by atoms with Crippen molar-refractivity contribution in [2.45, 2.75) is 66.8 Å². The minimum Gasteiger partial charge on any atom is -0.464 e. The topological polar surface area (TPSA) is 29.5 Å². The molecule has 0 radical (unpaired) electrons. The average molecular weight is 257 g/mol. The van der Waals surface area contributed by atoms with Gasteiger partial charge in [0, 0.05) is 12.6 Å². The number of esters is 1. The van der Waals surface area contributed by atoms with Gasteiger partial charge in [-0.05, 0) is 47.1 Å². The molecule has 0 spiro atoms. The maximum absolute atomic E-state index is 11.8. The highest BCUT2D eigenvalue weighted by Gasteiger charge is 2.27. The molecule has 0 fully saturated rings. The molecule has 0 bridgehead atoms. The molecule has 0 rings (SSSR count). The van der Waals surface area contributed by atoms with Crippen LogP contribution in [0.1, 0.15) is 60.8 Å². The Balaban J connectivity index is 4.03. The third-order valence-electron chi connectivity index (χ3n) is 3.58. The molecule has 18 heavy (non-hydrogen) atoms. The molecule has 0 unspecified atom stereocenters. The molecule has 3 nitrogen and oxygen atoms in total. The van der Waals surface area contributed by atoms with E-state index < -0.39 is 0 Å². The minimum atomic E-state index is -0.355. The van der Waals surface area contributed by atoms with Crippen LogP contribution in [-0.4, -0.2) is 36.6 Å². The fourth-order valence-electron chi connectivity index (χ4n) is 1.58. The highest BCUT2D eigenvalue weighted by atomic mass is 16.5. The van der Waals surface area contributed by atoms with Crippen molar-refractivity contribution < 1.29 is 9.53 Å². The van der Waals surface area contributed by atoms with Gasteiger partial charge in [-0.25, -0.2) is 0 Å². The van der Waals surface area contributed by atoms with E-state index in [-0.39, 0.29) is 11.4 Å². The van der Waals surface area contributed by atoms with E-state index in [0.29, 0.717) is 12.6 Å². The van der Waals surface area contributed by atoms with Gasteiger partial charge in [0.2, 0.25) is 0 Å². The molecule has 0 aliphatic rings. The maximum Gasteiger partial charge on any atom is 0.311 e. The van der Waals surface area contributed by atoms with Crippen molar-refractivity contribution >= 4 is 5.97 Å². The first-order valence-corrected chi connectivity index (χ1v) is 7.26. The van der Waals surface area contributed by atoms with E-state index in [2.05, 4.69) is 25.7 Å². The molecule has 0 aliphatic heterocycles. The monoisotopic (exact) mass is 257 g/mol. The van der Waals surface area contributed by atoms with Crippen LogP contribution >= 0.6 is 0 Å². The van der Waals surface area contributed by atoms with E-state index in [9.17, 15) is 4.79 Å². The molecule has 0 heterocycles. The molecule has 0 saturated heterocycles. The van der Waals surface area contributed by atoms with Crippen LogP contribution in [0.15, 0.2) is 0 Å². The zero-order valence-corrected chi connectivity index (χ0v) is 13.1. The molecular weight excluding hydrogens is 226 g/mol. The Kier molecular flexibility index (Phi) is 8.25. The van der Waals surface area contributed by atoms with Crippen molar-refractivity contribution in [3.05, 3.63) is 0 Å². The molecule has 0 aromatic carbocycles. The molecule has 0 aliphatic carbocycles. The Hall–Kier alpha value is -0.570. The summed E-state index contributed by atoms with van der Waals surface area (Å²) in [5, 5.41) is 0. The Morgan fingerprint density at radius 2 is 1.83 bits per heavy atom. The highest BCUT2D eigenvalue weighted by Crippen LogP contribution is 2.21. The highest BCUT2D eigenvalue weighted by molar-refractivity contribution is 5.75. The predicted octanol–water partition coefficient (Wildman–Crippen LogP) is 3.48. The summed E-state index contributed by atoms with van der Waals surface area (Å²) in [6.07, 6.45) is 3.22. The van der Waals surface area contributed by atoms with Gasteiger partial charge in [-0.15, -0.1) is 0 Å². The lowest BCUT2D eigenvalue weighted by molar-refractivity contribution is -0.154. The van der Waals surface area contributed by atoms with Gasteiger partial charge in [0.05, 0.1) is 5.41 Å². The molecule has 108 valence electrons. The average Bonchev–Trinajstić information content (AvgIpc) is 2.32. The van der Waals surface area contributed by atoms with E-state index in [1.54, 1.807) is 0 Å². The normalized spacial score (nSPS) is 12.2. The second-order valence-corrected chi connectivity index (χ2v) is 5.86.